The zero-order valence-electron chi connectivity index (χ0n) is 12.7. The Morgan fingerprint density at radius 3 is 2.75 bits per heavy atom. The van der Waals surface area contributed by atoms with E-state index in [4.69, 9.17) is 4.74 Å². The first kappa shape index (κ1) is 17.6. The molecule has 0 atom stereocenters. The maximum absolute atomic E-state index is 11.7. The molecular formula is C16H14BrN3O4. The van der Waals surface area contributed by atoms with Gasteiger partial charge in [-0.25, -0.2) is 5.43 Å². The Morgan fingerprint density at radius 2 is 2.04 bits per heavy atom. The highest BCUT2D eigenvalue weighted by atomic mass is 79.9. The molecule has 0 spiro atoms. The fraction of sp³-hybridized carbons (Fsp3) is 0.125. The van der Waals surface area contributed by atoms with Gasteiger partial charge in [0.15, 0.2) is 6.61 Å². The van der Waals surface area contributed by atoms with Gasteiger partial charge in [-0.1, -0.05) is 34.1 Å². The predicted octanol–water partition coefficient (Wildman–Crippen LogP) is 3.28. The molecule has 2 aromatic carbocycles. The summed E-state index contributed by atoms with van der Waals surface area (Å²) in [5.41, 5.74) is 3.33. The van der Waals surface area contributed by atoms with Gasteiger partial charge in [-0.05, 0) is 25.1 Å². The minimum Gasteiger partial charge on any atom is -0.484 e. The van der Waals surface area contributed by atoms with Crippen LogP contribution in [0.25, 0.3) is 0 Å². The topological polar surface area (TPSA) is 93.8 Å². The van der Waals surface area contributed by atoms with E-state index in [1.807, 2.05) is 6.07 Å². The number of nitrogens with one attached hydrogen (secondary N) is 1. The zero-order valence-corrected chi connectivity index (χ0v) is 14.3. The summed E-state index contributed by atoms with van der Waals surface area (Å²) in [5.74, 6) is 0.124. The SMILES string of the molecule is C/C(=N/NC(=O)COc1cccc(Br)c1)c1cccc([N+](=O)[O-])c1. The normalized spacial score (nSPS) is 11.0. The zero-order chi connectivity index (χ0) is 17.5. The number of carbonyl (C=O) groups excluding carboxylic acids is 1. The number of nitro benzene ring substituents is 1. The molecule has 1 amide bonds. The van der Waals surface area contributed by atoms with Crippen molar-refractivity contribution in [2.45, 2.75) is 6.92 Å². The Bertz CT molecular complexity index is 792. The molecule has 2 aromatic rings. The molecule has 0 fully saturated rings. The van der Waals surface area contributed by atoms with E-state index < -0.39 is 10.8 Å². The molecule has 8 heteroatoms. The molecule has 0 aliphatic rings. The monoisotopic (exact) mass is 391 g/mol. The van der Waals surface area contributed by atoms with E-state index in [0.29, 0.717) is 17.0 Å². The molecule has 0 aliphatic carbocycles. The third kappa shape index (κ3) is 5.17. The lowest BCUT2D eigenvalue weighted by molar-refractivity contribution is -0.384. The molecule has 0 aliphatic heterocycles. The van der Waals surface area contributed by atoms with Crippen molar-refractivity contribution in [3.63, 3.8) is 0 Å². The number of hydrogen-bond donors (Lipinski definition) is 1. The van der Waals surface area contributed by atoms with Gasteiger partial charge >= 0.3 is 0 Å². The molecule has 7 nitrogen and oxygen atoms in total. The first-order valence-electron chi connectivity index (χ1n) is 6.92. The summed E-state index contributed by atoms with van der Waals surface area (Å²) < 4.78 is 6.18. The third-order valence-corrected chi connectivity index (χ3v) is 3.48. The van der Waals surface area contributed by atoms with Crippen LogP contribution in [-0.2, 0) is 4.79 Å². The van der Waals surface area contributed by atoms with Gasteiger partial charge in [-0.15, -0.1) is 0 Å². The van der Waals surface area contributed by atoms with Crippen molar-refractivity contribution in [2.75, 3.05) is 6.61 Å². The van der Waals surface area contributed by atoms with Crippen LogP contribution in [0.5, 0.6) is 5.75 Å². The summed E-state index contributed by atoms with van der Waals surface area (Å²) in [5, 5.41) is 14.7. The lowest BCUT2D eigenvalue weighted by Crippen LogP contribution is -2.25. The van der Waals surface area contributed by atoms with Crippen LogP contribution in [0.1, 0.15) is 12.5 Å². The lowest BCUT2D eigenvalue weighted by atomic mass is 10.1. The van der Waals surface area contributed by atoms with Crippen LogP contribution in [-0.4, -0.2) is 23.1 Å². The van der Waals surface area contributed by atoms with Gasteiger partial charge in [0.25, 0.3) is 11.6 Å². The van der Waals surface area contributed by atoms with Crippen molar-refractivity contribution < 1.29 is 14.5 Å². The molecule has 24 heavy (non-hydrogen) atoms. The average molecular weight is 392 g/mol. The first-order valence-corrected chi connectivity index (χ1v) is 7.71. The van der Waals surface area contributed by atoms with E-state index in [2.05, 4.69) is 26.5 Å². The number of hydrogen-bond acceptors (Lipinski definition) is 5. The molecule has 2 rings (SSSR count). The molecular weight excluding hydrogens is 378 g/mol. The number of halogens is 1. The van der Waals surface area contributed by atoms with Gasteiger partial charge in [-0.2, -0.15) is 5.10 Å². The van der Waals surface area contributed by atoms with Crippen LogP contribution >= 0.6 is 15.9 Å². The maximum Gasteiger partial charge on any atom is 0.277 e. The van der Waals surface area contributed by atoms with Gasteiger partial charge < -0.3 is 4.74 Å². The first-order chi connectivity index (χ1) is 11.5. The molecule has 0 radical (unpaired) electrons. The number of hydrazone groups is 1. The van der Waals surface area contributed by atoms with Crippen molar-refractivity contribution in [2.24, 2.45) is 5.10 Å². The highest BCUT2D eigenvalue weighted by molar-refractivity contribution is 9.10. The molecule has 0 bridgehead atoms. The van der Waals surface area contributed by atoms with E-state index in [9.17, 15) is 14.9 Å². The minimum absolute atomic E-state index is 0.0358. The number of non-ortho nitro benzene ring substituents is 1. The van der Waals surface area contributed by atoms with Crippen LogP contribution in [0.2, 0.25) is 0 Å². The molecule has 124 valence electrons. The van der Waals surface area contributed by atoms with Crippen molar-refractivity contribution in [1.29, 1.82) is 0 Å². The van der Waals surface area contributed by atoms with Crippen molar-refractivity contribution in [3.8, 4) is 5.75 Å². The summed E-state index contributed by atoms with van der Waals surface area (Å²) >= 11 is 3.31. The maximum atomic E-state index is 11.7. The van der Waals surface area contributed by atoms with Crippen molar-refractivity contribution in [1.82, 2.24) is 5.43 Å². The van der Waals surface area contributed by atoms with E-state index in [1.165, 1.54) is 12.1 Å². The van der Waals surface area contributed by atoms with E-state index in [1.54, 1.807) is 37.3 Å². The smallest absolute Gasteiger partial charge is 0.277 e. The second-order valence-corrected chi connectivity index (χ2v) is 5.70. The molecule has 0 saturated carbocycles. The molecule has 0 heterocycles. The number of rotatable bonds is 6. The van der Waals surface area contributed by atoms with Gasteiger partial charge in [-0.3, -0.25) is 14.9 Å². The van der Waals surface area contributed by atoms with Gasteiger partial charge in [0, 0.05) is 22.2 Å². The minimum atomic E-state index is -0.485. The van der Waals surface area contributed by atoms with Crippen LogP contribution in [0.3, 0.4) is 0 Å². The highest BCUT2D eigenvalue weighted by Crippen LogP contribution is 2.17. The Morgan fingerprint density at radius 1 is 1.29 bits per heavy atom. The largest absolute Gasteiger partial charge is 0.484 e. The molecule has 0 aromatic heterocycles. The summed E-state index contributed by atoms with van der Waals surface area (Å²) in [7, 11) is 0. The van der Waals surface area contributed by atoms with Gasteiger partial charge in [0.05, 0.1) is 10.6 Å². The highest BCUT2D eigenvalue weighted by Gasteiger charge is 2.08. The summed E-state index contributed by atoms with van der Waals surface area (Å²) in [4.78, 5) is 22.0. The third-order valence-electron chi connectivity index (χ3n) is 2.99. The Labute approximate surface area is 146 Å². The quantitative estimate of drug-likeness (QED) is 0.464. The van der Waals surface area contributed by atoms with Crippen LogP contribution < -0.4 is 10.2 Å². The number of amides is 1. The fourth-order valence-electron chi connectivity index (χ4n) is 1.79. The average Bonchev–Trinajstić information content (AvgIpc) is 2.58. The second kappa shape index (κ2) is 8.21. The summed E-state index contributed by atoms with van der Waals surface area (Å²) in [6.45, 7) is 1.46. The number of nitrogens with zero attached hydrogens (tertiary/aromatic N) is 2. The Kier molecular flexibility index (Phi) is 6.02. The van der Waals surface area contributed by atoms with Gasteiger partial charge in [0.1, 0.15) is 5.75 Å². The summed E-state index contributed by atoms with van der Waals surface area (Å²) in [6, 6.07) is 13.1. The molecule has 1 N–H and O–H groups in total. The predicted molar refractivity (Wildman–Crippen MR) is 93.1 cm³/mol. The Balaban J connectivity index is 1.93. The number of benzene rings is 2. The van der Waals surface area contributed by atoms with Gasteiger partial charge in [0.2, 0.25) is 0 Å². The standard InChI is InChI=1S/C16H14BrN3O4/c1-11(12-4-2-6-14(8-12)20(22)23)18-19-16(21)10-24-15-7-3-5-13(17)9-15/h2-9H,10H2,1H3,(H,19,21)/b18-11-. The van der Waals surface area contributed by atoms with Crippen molar-refractivity contribution >= 4 is 33.2 Å². The number of carbonyl (C=O) groups is 1. The fourth-order valence-corrected chi connectivity index (χ4v) is 2.17. The second-order valence-electron chi connectivity index (χ2n) is 4.79. The van der Waals surface area contributed by atoms with E-state index >= 15 is 0 Å². The van der Waals surface area contributed by atoms with Crippen LogP contribution in [0.4, 0.5) is 5.69 Å². The Hall–Kier alpha value is -2.74. The number of nitro groups is 1. The molecule has 0 saturated heterocycles. The lowest BCUT2D eigenvalue weighted by Gasteiger charge is -2.06. The number of ether oxygens (including phenoxy) is 1. The van der Waals surface area contributed by atoms with Crippen molar-refractivity contribution in [3.05, 3.63) is 68.7 Å². The van der Waals surface area contributed by atoms with E-state index in [0.717, 1.165) is 4.47 Å². The van der Waals surface area contributed by atoms with E-state index in [-0.39, 0.29) is 12.3 Å². The summed E-state index contributed by atoms with van der Waals surface area (Å²) in [6.07, 6.45) is 0. The molecule has 0 unspecified atom stereocenters. The van der Waals surface area contributed by atoms with Crippen LogP contribution in [0, 0.1) is 10.1 Å². The van der Waals surface area contributed by atoms with Crippen LogP contribution in [0.15, 0.2) is 58.1 Å².